The van der Waals surface area contributed by atoms with E-state index in [0.717, 1.165) is 0 Å². The van der Waals surface area contributed by atoms with Crippen LogP contribution in [0.1, 0.15) is 225 Å². The molecule has 2 aliphatic heterocycles. The third kappa shape index (κ3) is 19.7. The summed E-state index contributed by atoms with van der Waals surface area (Å²) in [4.78, 5) is 26.3. The lowest BCUT2D eigenvalue weighted by Gasteiger charge is -2.22. The Morgan fingerprint density at radius 3 is 1.08 bits per heavy atom. The minimum absolute atomic E-state index is 0.190. The molecular formula is C56H88N2O4. The van der Waals surface area contributed by atoms with Crippen molar-refractivity contribution in [3.8, 4) is 0 Å². The van der Waals surface area contributed by atoms with E-state index in [-0.39, 0.29) is 11.1 Å². The first-order valence-corrected chi connectivity index (χ1v) is 25.6. The van der Waals surface area contributed by atoms with E-state index in [2.05, 4.69) is 73.9 Å². The molecule has 346 valence electrons. The van der Waals surface area contributed by atoms with Gasteiger partial charge in [-0.3, -0.25) is 0 Å². The van der Waals surface area contributed by atoms with E-state index < -0.39 is 11.9 Å². The van der Waals surface area contributed by atoms with Crippen LogP contribution < -0.4 is 9.80 Å². The topological polar surface area (TPSA) is 81.1 Å². The Kier molecular flexibility index (Phi) is 27.8. The Bertz CT molecular complexity index is 1530. The molecule has 0 unspecified atom stereocenters. The van der Waals surface area contributed by atoms with Crippen LogP contribution in [-0.2, 0) is 25.7 Å². The maximum Gasteiger partial charge on any atom is 0.336 e. The number of carboxylic acid groups (broad SMARTS) is 2. The summed E-state index contributed by atoms with van der Waals surface area (Å²) in [5.41, 5.74) is 9.31. The van der Waals surface area contributed by atoms with Crippen LogP contribution in [0.2, 0.25) is 0 Å². The largest absolute Gasteiger partial charge is 0.478 e. The maximum absolute atomic E-state index is 10.5. The highest BCUT2D eigenvalue weighted by Gasteiger charge is 2.23. The third-order valence-corrected chi connectivity index (χ3v) is 12.9. The van der Waals surface area contributed by atoms with Gasteiger partial charge in [-0.25, -0.2) is 9.59 Å². The van der Waals surface area contributed by atoms with Gasteiger partial charge in [-0.05, 0) is 85.8 Å². The number of unbranched alkanes of at least 4 members (excludes halogenated alkanes) is 20. The van der Waals surface area contributed by atoms with Gasteiger partial charge < -0.3 is 20.0 Å². The molecule has 0 saturated heterocycles. The van der Waals surface area contributed by atoms with Crippen molar-refractivity contribution in [3.05, 3.63) is 94.0 Å². The molecule has 3 aromatic rings. The van der Waals surface area contributed by atoms with Crippen molar-refractivity contribution in [1.82, 2.24) is 0 Å². The molecule has 0 fully saturated rings. The summed E-state index contributed by atoms with van der Waals surface area (Å²) in [6.45, 7) is 14.2. The standard InChI is InChI=1S/2C24H41N.C8H6O4/c2*1-3-5-7-9-11-13-16-22-17-15-18-23-19-21-25(24(22)23)20-14-12-10-8-6-4-2;9-7(10)5-3-1-2-4-6(5)8(11)12/h2*15,17-18H,3-14,16,19-21H2,1-2H3;1-4H,(H,9,10)(H,11,12). The Morgan fingerprint density at radius 1 is 0.419 bits per heavy atom. The number of carbonyl (C=O) groups is 2. The lowest BCUT2D eigenvalue weighted by Crippen LogP contribution is -2.22. The van der Waals surface area contributed by atoms with E-state index in [1.54, 1.807) is 33.6 Å². The number of aryl methyl sites for hydroxylation is 2. The molecule has 3 aromatic carbocycles. The molecule has 0 aromatic heterocycles. The molecule has 6 heteroatoms. The van der Waals surface area contributed by atoms with Gasteiger partial charge in [0.2, 0.25) is 0 Å². The normalized spacial score (nSPS) is 12.6. The van der Waals surface area contributed by atoms with Crippen LogP contribution in [0, 0.1) is 0 Å². The minimum Gasteiger partial charge on any atom is -0.478 e. The third-order valence-electron chi connectivity index (χ3n) is 12.9. The Morgan fingerprint density at radius 2 is 0.742 bits per heavy atom. The van der Waals surface area contributed by atoms with Crippen LogP contribution in [0.3, 0.4) is 0 Å². The van der Waals surface area contributed by atoms with Crippen molar-refractivity contribution in [2.45, 2.75) is 207 Å². The number of benzene rings is 3. The average Bonchev–Trinajstić information content (AvgIpc) is 3.91. The maximum atomic E-state index is 10.5. The fourth-order valence-electron chi connectivity index (χ4n) is 9.30. The fourth-order valence-corrected chi connectivity index (χ4v) is 9.30. The molecule has 2 aliphatic rings. The van der Waals surface area contributed by atoms with Crippen molar-refractivity contribution >= 4 is 23.3 Å². The first kappa shape index (κ1) is 52.5. The number of hydrogen-bond donors (Lipinski definition) is 2. The molecule has 6 nitrogen and oxygen atoms in total. The van der Waals surface area contributed by atoms with Crippen molar-refractivity contribution in [2.24, 2.45) is 0 Å². The molecule has 0 amide bonds. The summed E-state index contributed by atoms with van der Waals surface area (Å²) in [6.07, 6.45) is 38.6. The molecule has 0 aliphatic carbocycles. The zero-order valence-electron chi connectivity index (χ0n) is 40.0. The summed E-state index contributed by atoms with van der Waals surface area (Å²) < 4.78 is 0. The average molecular weight is 853 g/mol. The first-order chi connectivity index (χ1) is 30.4. The number of rotatable bonds is 30. The molecule has 0 saturated carbocycles. The number of carboxylic acids is 2. The van der Waals surface area contributed by atoms with Crippen molar-refractivity contribution in [1.29, 1.82) is 0 Å². The molecule has 0 spiro atoms. The molecule has 0 atom stereocenters. The Hall–Kier alpha value is -3.80. The van der Waals surface area contributed by atoms with Crippen LogP contribution >= 0.6 is 0 Å². The van der Waals surface area contributed by atoms with Crippen molar-refractivity contribution in [3.63, 3.8) is 0 Å². The Balaban J connectivity index is 0.000000263. The van der Waals surface area contributed by atoms with E-state index in [9.17, 15) is 9.59 Å². The molecule has 62 heavy (non-hydrogen) atoms. The quantitative estimate of drug-likeness (QED) is 0.0650. The second kappa shape index (κ2) is 32.8. The van der Waals surface area contributed by atoms with Gasteiger partial charge in [0.1, 0.15) is 0 Å². The second-order valence-corrected chi connectivity index (χ2v) is 18.1. The summed E-state index contributed by atoms with van der Waals surface area (Å²) in [7, 11) is 0. The lowest BCUT2D eigenvalue weighted by molar-refractivity contribution is 0.0651. The highest BCUT2D eigenvalue weighted by Crippen LogP contribution is 2.34. The van der Waals surface area contributed by atoms with Gasteiger partial charge in [-0.2, -0.15) is 0 Å². The summed E-state index contributed by atoms with van der Waals surface area (Å²) in [6, 6.07) is 19.6. The lowest BCUT2D eigenvalue weighted by atomic mass is 10.0. The van der Waals surface area contributed by atoms with Gasteiger partial charge in [0.25, 0.3) is 0 Å². The van der Waals surface area contributed by atoms with Gasteiger partial charge >= 0.3 is 11.9 Å². The number of aromatic carboxylic acids is 2. The number of nitrogens with zero attached hydrogens (tertiary/aromatic N) is 2. The smallest absolute Gasteiger partial charge is 0.336 e. The van der Waals surface area contributed by atoms with Gasteiger partial charge in [-0.1, -0.05) is 205 Å². The number of anilines is 2. The predicted molar refractivity (Wildman–Crippen MR) is 266 cm³/mol. The van der Waals surface area contributed by atoms with Gasteiger partial charge in [0, 0.05) is 37.6 Å². The van der Waals surface area contributed by atoms with E-state index in [1.165, 1.54) is 230 Å². The monoisotopic (exact) mass is 853 g/mol. The SMILES string of the molecule is CCCCCCCCc1cccc2c1N(CCCCCCCC)CC2.CCCCCCCCc1cccc2c1N(CCCCCCCC)CC2.O=C(O)c1ccccc1C(=O)O. The van der Waals surface area contributed by atoms with Crippen molar-refractivity contribution < 1.29 is 19.8 Å². The fraction of sp³-hybridized carbons (Fsp3) is 0.643. The molecule has 2 N–H and O–H groups in total. The minimum atomic E-state index is -1.23. The van der Waals surface area contributed by atoms with Crippen LogP contribution in [0.4, 0.5) is 11.4 Å². The van der Waals surface area contributed by atoms with Gasteiger partial charge in [0.15, 0.2) is 0 Å². The number of para-hydroxylation sites is 2. The molecule has 5 rings (SSSR count). The van der Waals surface area contributed by atoms with E-state index in [0.29, 0.717) is 0 Å². The van der Waals surface area contributed by atoms with Crippen molar-refractivity contribution in [2.75, 3.05) is 36.0 Å². The zero-order valence-corrected chi connectivity index (χ0v) is 40.0. The molecule has 0 radical (unpaired) electrons. The van der Waals surface area contributed by atoms with E-state index >= 15 is 0 Å². The molecule has 2 heterocycles. The second-order valence-electron chi connectivity index (χ2n) is 18.1. The number of hydrogen-bond acceptors (Lipinski definition) is 4. The number of fused-ring (bicyclic) bond motifs is 2. The summed E-state index contributed by atoms with van der Waals surface area (Å²) in [5.74, 6) is -2.46. The molecule has 0 bridgehead atoms. The van der Waals surface area contributed by atoms with Crippen LogP contribution in [0.5, 0.6) is 0 Å². The summed E-state index contributed by atoms with van der Waals surface area (Å²) >= 11 is 0. The van der Waals surface area contributed by atoms with Crippen LogP contribution in [0.15, 0.2) is 60.7 Å². The predicted octanol–water partition coefficient (Wildman–Crippen LogP) is 15.7. The highest BCUT2D eigenvalue weighted by molar-refractivity contribution is 6.01. The van der Waals surface area contributed by atoms with E-state index in [1.807, 2.05) is 0 Å². The van der Waals surface area contributed by atoms with Crippen LogP contribution in [0.25, 0.3) is 0 Å². The highest BCUT2D eigenvalue weighted by atomic mass is 16.4. The zero-order chi connectivity index (χ0) is 44.6. The van der Waals surface area contributed by atoms with Gasteiger partial charge in [-0.15, -0.1) is 0 Å². The first-order valence-electron chi connectivity index (χ1n) is 25.6. The molecular weight excluding hydrogens is 765 g/mol. The van der Waals surface area contributed by atoms with E-state index in [4.69, 9.17) is 10.2 Å². The Labute approximate surface area is 379 Å². The summed E-state index contributed by atoms with van der Waals surface area (Å²) in [5, 5.41) is 17.1. The van der Waals surface area contributed by atoms with Crippen LogP contribution in [-0.4, -0.2) is 48.3 Å². The van der Waals surface area contributed by atoms with Gasteiger partial charge in [0.05, 0.1) is 11.1 Å².